The summed E-state index contributed by atoms with van der Waals surface area (Å²) in [5, 5.41) is 6.45. The number of guanidine groups is 1. The van der Waals surface area contributed by atoms with Crippen molar-refractivity contribution >= 4 is 11.9 Å². The molecule has 0 bridgehead atoms. The van der Waals surface area contributed by atoms with E-state index in [9.17, 15) is 4.79 Å². The lowest BCUT2D eigenvalue weighted by Gasteiger charge is -2.12. The summed E-state index contributed by atoms with van der Waals surface area (Å²) in [4.78, 5) is 17.4. The second-order valence-corrected chi connectivity index (χ2v) is 5.53. The number of nitrogens with zero attached hydrogens (tertiary/aromatic N) is 2. The molecule has 5 heteroatoms. The molecule has 0 aliphatic carbocycles. The van der Waals surface area contributed by atoms with E-state index in [2.05, 4.69) is 22.5 Å². The maximum absolute atomic E-state index is 11.5. The van der Waals surface area contributed by atoms with Crippen molar-refractivity contribution in [2.75, 3.05) is 33.7 Å². The number of carbonyl (C=O) groups excluding carboxylic acids is 1. The van der Waals surface area contributed by atoms with Crippen LogP contribution in [-0.4, -0.2) is 50.5 Å². The molecular formula is C16H34N4O. The minimum Gasteiger partial charge on any atom is -0.357 e. The molecule has 0 saturated carbocycles. The Morgan fingerprint density at radius 3 is 2.14 bits per heavy atom. The van der Waals surface area contributed by atoms with Gasteiger partial charge in [-0.25, -0.2) is 4.99 Å². The van der Waals surface area contributed by atoms with Gasteiger partial charge in [0.05, 0.1) is 0 Å². The van der Waals surface area contributed by atoms with Crippen LogP contribution in [0.3, 0.4) is 0 Å². The van der Waals surface area contributed by atoms with Crippen LogP contribution in [0.2, 0.25) is 0 Å². The smallest absolute Gasteiger partial charge is 0.243 e. The van der Waals surface area contributed by atoms with Crippen molar-refractivity contribution in [1.82, 2.24) is 15.5 Å². The van der Waals surface area contributed by atoms with Crippen molar-refractivity contribution in [2.45, 2.75) is 58.8 Å². The van der Waals surface area contributed by atoms with Gasteiger partial charge in [-0.15, -0.1) is 0 Å². The van der Waals surface area contributed by atoms with Crippen LogP contribution in [0, 0.1) is 0 Å². The first-order chi connectivity index (χ1) is 10.1. The van der Waals surface area contributed by atoms with E-state index in [1.807, 2.05) is 6.92 Å². The molecule has 0 spiro atoms. The quantitative estimate of drug-likeness (QED) is 0.350. The highest BCUT2D eigenvalue weighted by Gasteiger charge is 2.03. The largest absolute Gasteiger partial charge is 0.357 e. The monoisotopic (exact) mass is 298 g/mol. The summed E-state index contributed by atoms with van der Waals surface area (Å²) in [6.07, 6.45) is 9.09. The number of rotatable bonds is 11. The molecule has 124 valence electrons. The van der Waals surface area contributed by atoms with Crippen LogP contribution in [-0.2, 0) is 4.79 Å². The van der Waals surface area contributed by atoms with Crippen LogP contribution in [0.1, 0.15) is 58.8 Å². The molecule has 2 N–H and O–H groups in total. The van der Waals surface area contributed by atoms with Crippen LogP contribution >= 0.6 is 0 Å². The van der Waals surface area contributed by atoms with Crippen molar-refractivity contribution < 1.29 is 4.79 Å². The van der Waals surface area contributed by atoms with Crippen LogP contribution < -0.4 is 10.6 Å². The van der Waals surface area contributed by atoms with Crippen LogP contribution in [0.5, 0.6) is 0 Å². The third kappa shape index (κ3) is 12.2. The van der Waals surface area contributed by atoms with Crippen LogP contribution in [0.25, 0.3) is 0 Å². The maximum Gasteiger partial charge on any atom is 0.243 e. The minimum absolute atomic E-state index is 0.0168. The van der Waals surface area contributed by atoms with Crippen molar-refractivity contribution in [3.63, 3.8) is 0 Å². The van der Waals surface area contributed by atoms with Crippen molar-refractivity contribution in [3.05, 3.63) is 0 Å². The fourth-order valence-electron chi connectivity index (χ4n) is 1.92. The lowest BCUT2D eigenvalue weighted by molar-refractivity contribution is -0.127. The van der Waals surface area contributed by atoms with Gasteiger partial charge >= 0.3 is 0 Å². The lowest BCUT2D eigenvalue weighted by atomic mass is 10.1. The molecule has 0 heterocycles. The fourth-order valence-corrected chi connectivity index (χ4v) is 1.92. The molecule has 0 saturated heterocycles. The molecule has 0 rings (SSSR count). The Labute approximate surface area is 130 Å². The molecule has 0 fully saturated rings. The van der Waals surface area contributed by atoms with Gasteiger partial charge in [0.1, 0.15) is 6.54 Å². The summed E-state index contributed by atoms with van der Waals surface area (Å²) in [6, 6.07) is 0. The van der Waals surface area contributed by atoms with E-state index in [4.69, 9.17) is 0 Å². The highest BCUT2D eigenvalue weighted by Crippen LogP contribution is 2.06. The van der Waals surface area contributed by atoms with E-state index in [0.717, 1.165) is 25.5 Å². The SMILES string of the molecule is CCCCCCCCCNC(=NCC(=O)N(C)C)NCC. The average Bonchev–Trinajstić information content (AvgIpc) is 2.46. The van der Waals surface area contributed by atoms with Crippen molar-refractivity contribution in [1.29, 1.82) is 0 Å². The third-order valence-corrected chi connectivity index (χ3v) is 3.29. The molecular weight excluding hydrogens is 264 g/mol. The summed E-state index contributed by atoms with van der Waals surface area (Å²) < 4.78 is 0. The predicted molar refractivity (Wildman–Crippen MR) is 90.7 cm³/mol. The zero-order valence-electron chi connectivity index (χ0n) is 14.4. The highest BCUT2D eigenvalue weighted by molar-refractivity contribution is 5.84. The topological polar surface area (TPSA) is 56.7 Å². The summed E-state index contributed by atoms with van der Waals surface area (Å²) in [7, 11) is 3.49. The number of amides is 1. The number of aliphatic imine (C=N–C) groups is 1. The van der Waals surface area contributed by atoms with Gasteiger partial charge in [0.15, 0.2) is 5.96 Å². The van der Waals surface area contributed by atoms with E-state index in [0.29, 0.717) is 0 Å². The van der Waals surface area contributed by atoms with Crippen molar-refractivity contribution in [2.24, 2.45) is 4.99 Å². The second kappa shape index (κ2) is 13.7. The standard InChI is InChI=1S/C16H34N4O/c1-5-7-8-9-10-11-12-13-18-16(17-6-2)19-14-15(21)20(3)4/h5-14H2,1-4H3,(H2,17,18,19). The molecule has 0 aromatic heterocycles. The average molecular weight is 298 g/mol. The first kappa shape index (κ1) is 19.7. The molecule has 21 heavy (non-hydrogen) atoms. The minimum atomic E-state index is 0.0168. The van der Waals surface area contributed by atoms with Crippen molar-refractivity contribution in [3.8, 4) is 0 Å². The lowest BCUT2D eigenvalue weighted by Crippen LogP contribution is -2.38. The molecule has 0 unspecified atom stereocenters. The molecule has 0 aliphatic heterocycles. The molecule has 0 atom stereocenters. The normalized spacial score (nSPS) is 11.3. The van der Waals surface area contributed by atoms with E-state index in [1.165, 1.54) is 38.5 Å². The van der Waals surface area contributed by atoms with Gasteiger partial charge in [-0.05, 0) is 13.3 Å². The van der Waals surface area contributed by atoms with Gasteiger partial charge in [-0.3, -0.25) is 4.79 Å². The summed E-state index contributed by atoms with van der Waals surface area (Å²) in [5.41, 5.74) is 0. The molecule has 1 amide bonds. The van der Waals surface area contributed by atoms with Gasteiger partial charge in [0, 0.05) is 27.2 Å². The van der Waals surface area contributed by atoms with Crippen LogP contribution in [0.4, 0.5) is 0 Å². The van der Waals surface area contributed by atoms with E-state index in [-0.39, 0.29) is 12.5 Å². The van der Waals surface area contributed by atoms with Gasteiger partial charge in [-0.1, -0.05) is 45.4 Å². The predicted octanol–water partition coefficient (Wildman–Crippen LogP) is 2.38. The third-order valence-electron chi connectivity index (χ3n) is 3.29. The first-order valence-electron chi connectivity index (χ1n) is 8.34. The van der Waals surface area contributed by atoms with Crippen LogP contribution in [0.15, 0.2) is 4.99 Å². The first-order valence-corrected chi connectivity index (χ1v) is 8.34. The van der Waals surface area contributed by atoms with E-state index >= 15 is 0 Å². The zero-order valence-corrected chi connectivity index (χ0v) is 14.4. The highest BCUT2D eigenvalue weighted by atomic mass is 16.2. The Kier molecular flexibility index (Phi) is 12.9. The molecule has 0 aromatic rings. The fraction of sp³-hybridized carbons (Fsp3) is 0.875. The Hall–Kier alpha value is -1.26. The van der Waals surface area contributed by atoms with Gasteiger partial charge in [-0.2, -0.15) is 0 Å². The van der Waals surface area contributed by atoms with Gasteiger partial charge in [0.2, 0.25) is 5.91 Å². The Balaban J connectivity index is 3.78. The van der Waals surface area contributed by atoms with Gasteiger partial charge < -0.3 is 15.5 Å². The Morgan fingerprint density at radius 2 is 1.57 bits per heavy atom. The molecule has 5 nitrogen and oxygen atoms in total. The van der Waals surface area contributed by atoms with E-state index in [1.54, 1.807) is 19.0 Å². The number of nitrogens with one attached hydrogen (secondary N) is 2. The number of hydrogen-bond donors (Lipinski definition) is 2. The summed E-state index contributed by atoms with van der Waals surface area (Å²) in [5.74, 6) is 0.752. The molecule has 0 aromatic carbocycles. The summed E-state index contributed by atoms with van der Waals surface area (Å²) in [6.45, 7) is 6.18. The van der Waals surface area contributed by atoms with Gasteiger partial charge in [0.25, 0.3) is 0 Å². The molecule has 0 aliphatic rings. The number of unbranched alkanes of at least 4 members (excludes halogenated alkanes) is 6. The maximum atomic E-state index is 11.5. The molecule has 0 radical (unpaired) electrons. The van der Waals surface area contributed by atoms with E-state index < -0.39 is 0 Å². The summed E-state index contributed by atoms with van der Waals surface area (Å²) >= 11 is 0. The number of carbonyl (C=O) groups is 1. The zero-order chi connectivity index (χ0) is 15.9. The Bertz CT molecular complexity index is 290. The number of likely N-dealkylation sites (N-methyl/N-ethyl adjacent to an activating group) is 1. The number of hydrogen-bond acceptors (Lipinski definition) is 2. The second-order valence-electron chi connectivity index (χ2n) is 5.53. The Morgan fingerprint density at radius 1 is 0.952 bits per heavy atom.